The van der Waals surface area contributed by atoms with Gasteiger partial charge in [0.2, 0.25) is 11.8 Å². The first-order chi connectivity index (χ1) is 22.5. The third-order valence-electron chi connectivity index (χ3n) is 10.3. The molecule has 0 radical (unpaired) electrons. The van der Waals surface area contributed by atoms with Crippen molar-refractivity contribution in [3.63, 3.8) is 0 Å². The molecule has 3 N–H and O–H groups in total. The van der Waals surface area contributed by atoms with E-state index in [0.717, 1.165) is 73.2 Å². The second-order valence-electron chi connectivity index (χ2n) is 13.9. The third-order valence-corrected chi connectivity index (χ3v) is 10.3. The molecule has 1 saturated carbocycles. The van der Waals surface area contributed by atoms with Crippen LogP contribution in [-0.4, -0.2) is 42.5 Å². The summed E-state index contributed by atoms with van der Waals surface area (Å²) in [5.74, 6) is 1.83. The van der Waals surface area contributed by atoms with Crippen molar-refractivity contribution in [3.05, 3.63) is 65.0 Å². The summed E-state index contributed by atoms with van der Waals surface area (Å²) in [6.45, 7) is 13.8. The fourth-order valence-electron chi connectivity index (χ4n) is 7.40. The Balaban J connectivity index is 0.000000930. The van der Waals surface area contributed by atoms with Crippen molar-refractivity contribution in [1.29, 1.82) is 0 Å². The highest BCUT2D eigenvalue weighted by Crippen LogP contribution is 2.66. The minimum atomic E-state index is -0.599. The quantitative estimate of drug-likeness (QED) is 0.195. The Morgan fingerprint density at radius 1 is 1.09 bits per heavy atom. The molecule has 2 heterocycles. The number of amides is 2. The number of nitrogens with two attached hydrogens (primary N) is 1. The van der Waals surface area contributed by atoms with Gasteiger partial charge in [0.15, 0.2) is 0 Å². The molecule has 3 aromatic rings. The largest absolute Gasteiger partial charge is 0.497 e. The van der Waals surface area contributed by atoms with Crippen LogP contribution in [0.5, 0.6) is 5.75 Å². The molecule has 47 heavy (non-hydrogen) atoms. The first kappa shape index (κ1) is 36.1. The SMILES string of the molecule is CCC(C)C.CCC/C(=C\NC)N(C)C(=O)C12CC1c1cc(OC)ccc1-c1c(C(CCC)CCC)c3ccc(C(N)=O)cc3n1C2. The van der Waals surface area contributed by atoms with E-state index in [-0.39, 0.29) is 11.8 Å². The molecule has 2 aliphatic rings. The van der Waals surface area contributed by atoms with E-state index in [1.807, 2.05) is 43.4 Å². The number of hydrogen-bond acceptors (Lipinski definition) is 4. The number of rotatable bonds is 13. The predicted octanol–water partition coefficient (Wildman–Crippen LogP) is 8.96. The molecule has 7 heteroatoms. The summed E-state index contributed by atoms with van der Waals surface area (Å²) >= 11 is 0. The Kier molecular flexibility index (Phi) is 11.9. The third kappa shape index (κ3) is 7.09. The van der Waals surface area contributed by atoms with Crippen LogP contribution in [0.4, 0.5) is 0 Å². The van der Waals surface area contributed by atoms with Crippen LogP contribution in [0.15, 0.2) is 48.3 Å². The molecule has 2 amide bonds. The lowest BCUT2D eigenvalue weighted by Crippen LogP contribution is -2.37. The average Bonchev–Trinajstić information content (AvgIpc) is 3.73. The average molecular weight is 643 g/mol. The molecular formula is C40H58N4O3. The Labute approximate surface area is 282 Å². The number of aromatic nitrogens is 1. The first-order valence-corrected chi connectivity index (χ1v) is 17.8. The standard InChI is InChI=1S/C35H46N4O3.C5H12/c1-7-10-22(11-8-2)31-27-15-13-23(33(36)40)17-30(27)39-21-35(34(41)38(5)24(12-9-3)20-37-4)19-29(35)28-18-25(42-6)14-16-26(28)32(31)39;1-4-5(2)3/h13-18,20,22,29,37H,7-12,19,21H2,1-6H3,(H2,36,40);5H,4H2,1-3H3/b24-20+;. The van der Waals surface area contributed by atoms with Crippen LogP contribution < -0.4 is 15.8 Å². The van der Waals surface area contributed by atoms with Crippen LogP contribution in [-0.2, 0) is 11.3 Å². The number of nitrogens with one attached hydrogen (secondary N) is 1. The lowest BCUT2D eigenvalue weighted by atomic mass is 9.85. The minimum Gasteiger partial charge on any atom is -0.497 e. The number of carbonyl (C=O) groups is 2. The van der Waals surface area contributed by atoms with Crippen molar-refractivity contribution in [3.8, 4) is 17.0 Å². The molecule has 0 bridgehead atoms. The van der Waals surface area contributed by atoms with E-state index in [4.69, 9.17) is 10.5 Å². The second kappa shape index (κ2) is 15.4. The highest BCUT2D eigenvalue weighted by atomic mass is 16.5. The van der Waals surface area contributed by atoms with Gasteiger partial charge in [-0.1, -0.05) is 73.3 Å². The molecule has 0 saturated heterocycles. The first-order valence-electron chi connectivity index (χ1n) is 17.8. The summed E-state index contributed by atoms with van der Waals surface area (Å²) in [6, 6.07) is 12.2. The van der Waals surface area contributed by atoms with E-state index in [0.29, 0.717) is 18.0 Å². The molecule has 1 fully saturated rings. The van der Waals surface area contributed by atoms with Gasteiger partial charge in [0.1, 0.15) is 5.75 Å². The molecule has 5 rings (SSSR count). The fraction of sp³-hybridized carbons (Fsp3) is 0.550. The maximum absolute atomic E-state index is 14.6. The fourth-order valence-corrected chi connectivity index (χ4v) is 7.40. The van der Waals surface area contributed by atoms with E-state index in [1.165, 1.54) is 28.8 Å². The Morgan fingerprint density at radius 2 is 1.77 bits per heavy atom. The van der Waals surface area contributed by atoms with E-state index >= 15 is 0 Å². The van der Waals surface area contributed by atoms with Gasteiger partial charge in [0.05, 0.1) is 18.2 Å². The van der Waals surface area contributed by atoms with E-state index < -0.39 is 11.3 Å². The van der Waals surface area contributed by atoms with Crippen molar-refractivity contribution in [1.82, 2.24) is 14.8 Å². The number of primary amides is 1. The molecule has 2 unspecified atom stereocenters. The topological polar surface area (TPSA) is 89.6 Å². The normalized spacial score (nSPS) is 18.1. The summed E-state index contributed by atoms with van der Waals surface area (Å²) in [6.07, 6.45) is 10.1. The molecule has 1 aliphatic heterocycles. The monoisotopic (exact) mass is 642 g/mol. The van der Waals surface area contributed by atoms with Gasteiger partial charge in [0.25, 0.3) is 0 Å². The second-order valence-corrected chi connectivity index (χ2v) is 13.9. The zero-order valence-corrected chi connectivity index (χ0v) is 30.3. The number of ether oxygens (including phenoxy) is 1. The molecule has 2 aromatic carbocycles. The van der Waals surface area contributed by atoms with Gasteiger partial charge in [-0.15, -0.1) is 0 Å². The van der Waals surface area contributed by atoms with Crippen molar-refractivity contribution in [2.75, 3.05) is 21.2 Å². The summed E-state index contributed by atoms with van der Waals surface area (Å²) in [4.78, 5) is 28.8. The van der Waals surface area contributed by atoms with Gasteiger partial charge < -0.3 is 25.3 Å². The number of nitrogens with zero attached hydrogens (tertiary/aromatic N) is 2. The van der Waals surface area contributed by atoms with E-state index in [1.54, 1.807) is 7.11 Å². The van der Waals surface area contributed by atoms with Crippen molar-refractivity contribution >= 4 is 22.7 Å². The Bertz CT molecular complexity index is 1600. The van der Waals surface area contributed by atoms with Gasteiger partial charge in [0, 0.05) is 60.5 Å². The van der Waals surface area contributed by atoms with Crippen molar-refractivity contribution < 1.29 is 14.3 Å². The number of fused-ring (bicyclic) bond motifs is 7. The van der Waals surface area contributed by atoms with Gasteiger partial charge in [-0.2, -0.15) is 0 Å². The molecule has 7 nitrogen and oxygen atoms in total. The minimum absolute atomic E-state index is 0.0768. The van der Waals surface area contributed by atoms with Gasteiger partial charge >= 0.3 is 0 Å². The Hall–Kier alpha value is -3.74. The summed E-state index contributed by atoms with van der Waals surface area (Å²) in [5, 5.41) is 4.29. The van der Waals surface area contributed by atoms with E-state index in [9.17, 15) is 9.59 Å². The smallest absolute Gasteiger partial charge is 0.248 e. The van der Waals surface area contributed by atoms with E-state index in [2.05, 4.69) is 69.6 Å². The van der Waals surface area contributed by atoms with Gasteiger partial charge in [-0.3, -0.25) is 9.59 Å². The predicted molar refractivity (Wildman–Crippen MR) is 195 cm³/mol. The molecule has 1 aliphatic carbocycles. The van der Waals surface area contributed by atoms with Gasteiger partial charge in [-0.25, -0.2) is 0 Å². The molecule has 256 valence electrons. The number of methoxy groups -OCH3 is 1. The summed E-state index contributed by atoms with van der Waals surface area (Å²) < 4.78 is 8.05. The highest BCUT2D eigenvalue weighted by Gasteiger charge is 2.63. The number of allylic oxidation sites excluding steroid dienone is 1. The molecule has 2 atom stereocenters. The Morgan fingerprint density at radius 3 is 2.32 bits per heavy atom. The zero-order valence-electron chi connectivity index (χ0n) is 30.3. The van der Waals surface area contributed by atoms with Crippen LogP contribution in [0.3, 0.4) is 0 Å². The lowest BCUT2D eigenvalue weighted by Gasteiger charge is -2.27. The van der Waals surface area contributed by atoms with Crippen molar-refractivity contribution in [2.24, 2.45) is 17.1 Å². The van der Waals surface area contributed by atoms with Crippen LogP contribution in [0.1, 0.15) is 126 Å². The molecular weight excluding hydrogens is 584 g/mol. The van der Waals surface area contributed by atoms with Crippen LogP contribution in [0.25, 0.3) is 22.2 Å². The maximum atomic E-state index is 14.6. The number of benzene rings is 2. The molecule has 1 aromatic heterocycles. The number of hydrogen-bond donors (Lipinski definition) is 2. The zero-order chi connectivity index (χ0) is 34.5. The number of carbonyl (C=O) groups excluding carboxylic acids is 2. The molecule has 0 spiro atoms. The highest BCUT2D eigenvalue weighted by molar-refractivity contribution is 6.01. The van der Waals surface area contributed by atoms with Crippen LogP contribution >= 0.6 is 0 Å². The van der Waals surface area contributed by atoms with Crippen LogP contribution in [0, 0.1) is 11.3 Å². The van der Waals surface area contributed by atoms with Crippen LogP contribution in [0.2, 0.25) is 0 Å². The maximum Gasteiger partial charge on any atom is 0.248 e. The van der Waals surface area contributed by atoms with Crippen molar-refractivity contribution in [2.45, 2.75) is 111 Å². The lowest BCUT2D eigenvalue weighted by molar-refractivity contribution is -0.134. The summed E-state index contributed by atoms with van der Waals surface area (Å²) in [5.41, 5.74) is 12.5. The van der Waals surface area contributed by atoms with Gasteiger partial charge in [-0.05, 0) is 79.0 Å². The summed E-state index contributed by atoms with van der Waals surface area (Å²) in [7, 11) is 5.48.